The third kappa shape index (κ3) is 2.83. The zero-order valence-electron chi connectivity index (χ0n) is 13.1. The van der Waals surface area contributed by atoms with Gasteiger partial charge in [-0.15, -0.1) is 0 Å². The zero-order valence-corrected chi connectivity index (χ0v) is 16.0. The first-order chi connectivity index (χ1) is 12.0. The Bertz CT molecular complexity index is 897. The number of benzene rings is 1. The Balaban J connectivity index is 1.70. The van der Waals surface area contributed by atoms with E-state index in [0.717, 1.165) is 22.4 Å². The molecule has 0 spiro atoms. The van der Waals surface area contributed by atoms with E-state index in [1.807, 2.05) is 4.90 Å². The molecule has 2 atom stereocenters. The highest BCUT2D eigenvalue weighted by molar-refractivity contribution is 14.1. The van der Waals surface area contributed by atoms with Gasteiger partial charge in [0.05, 0.1) is 21.0 Å². The highest BCUT2D eigenvalue weighted by Gasteiger charge is 2.41. The molecule has 5 nitrogen and oxygen atoms in total. The molecule has 3 N–H and O–H groups in total. The van der Waals surface area contributed by atoms with Crippen molar-refractivity contribution < 1.29 is 9.18 Å². The summed E-state index contributed by atoms with van der Waals surface area (Å²) in [6.45, 7) is 0. The number of hydrogen-bond acceptors (Lipinski definition) is 3. The summed E-state index contributed by atoms with van der Waals surface area (Å²) in [6.07, 6.45) is 5.46. The lowest BCUT2D eigenvalue weighted by atomic mass is 9.92. The highest BCUT2D eigenvalue weighted by atomic mass is 127. The van der Waals surface area contributed by atoms with Crippen molar-refractivity contribution in [3.05, 3.63) is 50.3 Å². The third-order valence-corrected chi connectivity index (χ3v) is 5.68. The third-order valence-electron chi connectivity index (χ3n) is 4.84. The second-order valence-electron chi connectivity index (χ2n) is 6.31. The zero-order chi connectivity index (χ0) is 17.7. The van der Waals surface area contributed by atoms with Gasteiger partial charge in [-0.1, -0.05) is 11.6 Å². The first-order valence-corrected chi connectivity index (χ1v) is 9.38. The van der Waals surface area contributed by atoms with Crippen molar-refractivity contribution in [2.45, 2.75) is 31.3 Å². The molecule has 0 aliphatic carbocycles. The Morgan fingerprint density at radius 1 is 1.40 bits per heavy atom. The fraction of sp³-hybridized carbons (Fsp3) is 0.294. The fourth-order valence-electron chi connectivity index (χ4n) is 3.77. The number of nitrogens with zero attached hydrogens (tertiary/aromatic N) is 2. The van der Waals surface area contributed by atoms with Crippen LogP contribution in [0.25, 0.3) is 5.57 Å². The van der Waals surface area contributed by atoms with Gasteiger partial charge in [0.2, 0.25) is 5.91 Å². The minimum absolute atomic E-state index is 0.00874. The number of halogens is 3. The van der Waals surface area contributed by atoms with Crippen LogP contribution in [-0.2, 0) is 4.79 Å². The average molecular weight is 473 g/mol. The molecule has 0 radical (unpaired) electrons. The molecule has 1 unspecified atom stereocenters. The largest absolute Gasteiger partial charge is 0.398 e. The van der Waals surface area contributed by atoms with Crippen molar-refractivity contribution in [1.82, 2.24) is 14.9 Å². The van der Waals surface area contributed by atoms with Crippen LogP contribution in [0.4, 0.5) is 10.1 Å². The Kier molecular flexibility index (Phi) is 4.23. The van der Waals surface area contributed by atoms with E-state index in [-0.39, 0.29) is 28.6 Å². The molecule has 1 fully saturated rings. The van der Waals surface area contributed by atoms with E-state index in [4.69, 9.17) is 17.3 Å². The summed E-state index contributed by atoms with van der Waals surface area (Å²) in [5.74, 6) is 0.0915. The van der Waals surface area contributed by atoms with Crippen LogP contribution in [0, 0.1) is 9.52 Å². The van der Waals surface area contributed by atoms with E-state index in [1.165, 1.54) is 12.1 Å². The van der Waals surface area contributed by atoms with Crippen molar-refractivity contribution in [3.63, 3.8) is 0 Å². The Morgan fingerprint density at radius 2 is 2.20 bits per heavy atom. The van der Waals surface area contributed by atoms with Crippen molar-refractivity contribution in [2.75, 3.05) is 5.73 Å². The molecule has 0 saturated carbocycles. The molecule has 130 valence electrons. The predicted octanol–water partition coefficient (Wildman–Crippen LogP) is 3.91. The summed E-state index contributed by atoms with van der Waals surface area (Å²) in [5.41, 5.74) is 7.10. The molecule has 3 heterocycles. The molecule has 1 saturated heterocycles. The number of rotatable bonds is 2. The Morgan fingerprint density at radius 3 is 2.92 bits per heavy atom. The van der Waals surface area contributed by atoms with Gasteiger partial charge < -0.3 is 15.6 Å². The molecule has 1 amide bonds. The van der Waals surface area contributed by atoms with Crippen LogP contribution in [0.1, 0.15) is 36.7 Å². The standard InChI is InChI=1S/C17H15ClFIN4O/c18-10-2-3-11(21)15(16(10)19)8-5-9-1-4-12(24(9)14(25)6-8)17-22-7-13(20)23-17/h2-3,6-7,9,12H,1,4-5,21H2,(H,22,23)/t9?,12-/m0/s1. The summed E-state index contributed by atoms with van der Waals surface area (Å²) < 4.78 is 15.4. The van der Waals surface area contributed by atoms with Crippen LogP contribution in [-0.4, -0.2) is 26.8 Å². The van der Waals surface area contributed by atoms with Crippen LogP contribution < -0.4 is 5.73 Å². The van der Waals surface area contributed by atoms with Gasteiger partial charge in [0.1, 0.15) is 5.82 Å². The lowest BCUT2D eigenvalue weighted by Gasteiger charge is -2.33. The van der Waals surface area contributed by atoms with E-state index < -0.39 is 5.82 Å². The number of H-pyrrole nitrogens is 1. The van der Waals surface area contributed by atoms with Gasteiger partial charge in [0, 0.05) is 23.4 Å². The van der Waals surface area contributed by atoms with Gasteiger partial charge in [0.25, 0.3) is 0 Å². The predicted molar refractivity (Wildman–Crippen MR) is 102 cm³/mol. The highest BCUT2D eigenvalue weighted by Crippen LogP contribution is 2.43. The number of anilines is 1. The summed E-state index contributed by atoms with van der Waals surface area (Å²) in [6, 6.07) is 2.94. The van der Waals surface area contributed by atoms with E-state index >= 15 is 0 Å². The summed E-state index contributed by atoms with van der Waals surface area (Å²) >= 11 is 8.05. The van der Waals surface area contributed by atoms with E-state index in [9.17, 15) is 9.18 Å². The summed E-state index contributed by atoms with van der Waals surface area (Å²) in [4.78, 5) is 22.2. The van der Waals surface area contributed by atoms with Gasteiger partial charge >= 0.3 is 0 Å². The number of carbonyl (C=O) groups is 1. The number of nitrogens with two attached hydrogens (primary N) is 1. The first kappa shape index (κ1) is 16.8. The van der Waals surface area contributed by atoms with Gasteiger partial charge in [-0.05, 0) is 59.6 Å². The molecule has 2 aromatic rings. The minimum Gasteiger partial charge on any atom is -0.398 e. The van der Waals surface area contributed by atoms with Gasteiger partial charge in [-0.25, -0.2) is 9.37 Å². The number of carbonyl (C=O) groups excluding carboxylic acids is 1. The fourth-order valence-corrected chi connectivity index (χ4v) is 4.34. The summed E-state index contributed by atoms with van der Waals surface area (Å²) in [7, 11) is 0. The molecule has 0 bridgehead atoms. The topological polar surface area (TPSA) is 75.0 Å². The van der Waals surface area contributed by atoms with Gasteiger partial charge in [-0.2, -0.15) is 0 Å². The van der Waals surface area contributed by atoms with E-state index in [1.54, 1.807) is 12.3 Å². The second-order valence-corrected chi connectivity index (χ2v) is 7.88. The maximum Gasteiger partial charge on any atom is 0.247 e. The molecule has 4 rings (SSSR count). The molecule has 2 aliphatic rings. The smallest absolute Gasteiger partial charge is 0.247 e. The molecular weight excluding hydrogens is 458 g/mol. The normalized spacial score (nSPS) is 22.9. The second kappa shape index (κ2) is 6.28. The number of hydrogen-bond donors (Lipinski definition) is 2. The maximum absolute atomic E-state index is 14.5. The van der Waals surface area contributed by atoms with Gasteiger partial charge in [0.15, 0.2) is 5.82 Å². The van der Waals surface area contributed by atoms with E-state index in [2.05, 4.69) is 32.6 Å². The Hall–Kier alpha value is -1.61. The minimum atomic E-state index is -0.565. The molecule has 25 heavy (non-hydrogen) atoms. The van der Waals surface area contributed by atoms with Crippen LogP contribution in [0.5, 0.6) is 0 Å². The van der Waals surface area contributed by atoms with E-state index in [0.29, 0.717) is 17.7 Å². The van der Waals surface area contributed by atoms with Crippen molar-refractivity contribution >= 4 is 51.4 Å². The molecular formula is C17H15ClFIN4O. The number of nitrogens with one attached hydrogen (secondary N) is 1. The molecule has 2 aliphatic heterocycles. The number of aromatic amines is 1. The van der Waals surface area contributed by atoms with Crippen molar-refractivity contribution in [1.29, 1.82) is 0 Å². The lowest BCUT2D eigenvalue weighted by Crippen LogP contribution is -2.39. The number of imidazole rings is 1. The van der Waals surface area contributed by atoms with Gasteiger partial charge in [-0.3, -0.25) is 4.79 Å². The quantitative estimate of drug-likeness (QED) is 0.514. The Labute approximate surface area is 162 Å². The molecule has 8 heteroatoms. The van der Waals surface area contributed by atoms with Crippen LogP contribution in [0.2, 0.25) is 5.02 Å². The number of aromatic nitrogens is 2. The monoisotopic (exact) mass is 472 g/mol. The number of amides is 1. The number of nitrogen functional groups attached to an aromatic ring is 1. The number of fused-ring (bicyclic) bond motifs is 1. The molecule has 1 aromatic carbocycles. The van der Waals surface area contributed by atoms with Crippen molar-refractivity contribution in [3.8, 4) is 0 Å². The van der Waals surface area contributed by atoms with Crippen LogP contribution >= 0.6 is 34.2 Å². The SMILES string of the molecule is Nc1ccc(Cl)c(F)c1C1=CC(=O)N2C(CC[C@H]2c2ncc(I)[nH]2)C1. The van der Waals surface area contributed by atoms with Crippen LogP contribution in [0.3, 0.4) is 0 Å². The molecule has 1 aromatic heterocycles. The first-order valence-electron chi connectivity index (χ1n) is 7.93. The summed E-state index contributed by atoms with van der Waals surface area (Å²) in [5, 5.41) is 0.00874. The average Bonchev–Trinajstić information content (AvgIpc) is 3.17. The van der Waals surface area contributed by atoms with Crippen molar-refractivity contribution in [2.24, 2.45) is 0 Å². The maximum atomic E-state index is 14.5. The van der Waals surface area contributed by atoms with Crippen LogP contribution in [0.15, 0.2) is 24.4 Å². The lowest BCUT2D eigenvalue weighted by molar-refractivity contribution is -0.129.